The van der Waals surface area contributed by atoms with Crippen LogP contribution in [0.1, 0.15) is 31.9 Å². The maximum atomic E-state index is 12.8. The lowest BCUT2D eigenvalue weighted by Crippen LogP contribution is -2.55. The lowest BCUT2D eigenvalue weighted by molar-refractivity contribution is -0.140. The van der Waals surface area contributed by atoms with Gasteiger partial charge >= 0.3 is 5.97 Å². The number of aliphatic carboxylic acids is 1. The molecule has 0 radical (unpaired) electrons. The number of aromatic nitrogens is 3. The fourth-order valence-corrected chi connectivity index (χ4v) is 3.29. The topological polar surface area (TPSA) is 278 Å². The molecule has 1 aromatic rings. The summed E-state index contributed by atoms with van der Waals surface area (Å²) in [4.78, 5) is 77.7. The highest BCUT2D eigenvalue weighted by Gasteiger charge is 2.27. The molecule has 2 heterocycles. The first-order chi connectivity index (χ1) is 17.9. The third kappa shape index (κ3) is 10.1. The number of nitrogens with one attached hydrogen (secondary N) is 5. The van der Waals surface area contributed by atoms with Crippen molar-refractivity contribution in [3.63, 3.8) is 0 Å². The molecule has 1 aromatic heterocycles. The van der Waals surface area contributed by atoms with Crippen LogP contribution in [0.2, 0.25) is 0 Å². The van der Waals surface area contributed by atoms with Crippen molar-refractivity contribution >= 4 is 41.5 Å². The van der Waals surface area contributed by atoms with E-state index >= 15 is 0 Å². The van der Waals surface area contributed by atoms with E-state index in [0.717, 1.165) is 0 Å². The molecule has 10 N–H and O–H groups in total. The average Bonchev–Trinajstić information content (AvgIpc) is 3.28. The minimum Gasteiger partial charge on any atom is -0.481 e. The van der Waals surface area contributed by atoms with Gasteiger partial charge in [-0.25, -0.2) is 4.68 Å². The molecule has 5 amide bonds. The summed E-state index contributed by atoms with van der Waals surface area (Å²) >= 11 is 0. The first-order valence-corrected chi connectivity index (χ1v) is 11.5. The second-order valence-electron chi connectivity index (χ2n) is 8.36. The SMILES string of the molecule is C[C@@H]1NC(=O)Cn2cc(nn2)CNC(=O)[C@@H](CC(=O)O)NC(=O)CNC(=O)[C@@H](CCCN=C(N)N)NC1=O. The summed E-state index contributed by atoms with van der Waals surface area (Å²) in [6.45, 7) is 0.522. The maximum absolute atomic E-state index is 12.8. The van der Waals surface area contributed by atoms with Crippen LogP contribution in [0.15, 0.2) is 11.2 Å². The van der Waals surface area contributed by atoms with Crippen molar-refractivity contribution < 1.29 is 33.9 Å². The predicted octanol–water partition coefficient (Wildman–Crippen LogP) is -4.97. The Hall–Kier alpha value is -4.77. The van der Waals surface area contributed by atoms with Gasteiger partial charge < -0.3 is 43.2 Å². The third-order valence-electron chi connectivity index (χ3n) is 5.14. The van der Waals surface area contributed by atoms with Gasteiger partial charge in [-0.3, -0.25) is 33.8 Å². The number of hydrogen-bond donors (Lipinski definition) is 8. The molecule has 38 heavy (non-hydrogen) atoms. The van der Waals surface area contributed by atoms with Gasteiger partial charge in [-0.1, -0.05) is 5.21 Å². The average molecular weight is 538 g/mol. The standard InChI is InChI=1S/C20H31N11O7/c1-10-17(36)28-12(3-2-4-23-20(21)22)18(37)25-7-14(32)27-13(5-16(34)35)19(38)24-6-11-8-31(30-29-11)9-15(33)26-10/h8,10,12-13H,2-7,9H2,1H3,(H,24,38)(H,25,37)(H,26,33)(H,27,32)(H,28,36)(H,34,35)(H4,21,22,23)/t10-,12+,13+/m0/s1. The zero-order valence-corrected chi connectivity index (χ0v) is 20.6. The largest absolute Gasteiger partial charge is 0.481 e. The van der Waals surface area contributed by atoms with Crippen molar-refractivity contribution in [3.8, 4) is 0 Å². The van der Waals surface area contributed by atoms with Gasteiger partial charge in [-0.05, 0) is 19.8 Å². The van der Waals surface area contributed by atoms with Crippen molar-refractivity contribution in [1.82, 2.24) is 41.6 Å². The van der Waals surface area contributed by atoms with Crippen LogP contribution in [0.5, 0.6) is 0 Å². The molecule has 0 aliphatic carbocycles. The van der Waals surface area contributed by atoms with Crippen LogP contribution in [0, 0.1) is 0 Å². The molecule has 1 aliphatic heterocycles. The normalized spacial score (nSPS) is 21.8. The van der Waals surface area contributed by atoms with Crippen LogP contribution in [-0.4, -0.2) is 92.8 Å². The van der Waals surface area contributed by atoms with E-state index in [-0.39, 0.29) is 37.7 Å². The van der Waals surface area contributed by atoms with Crippen LogP contribution < -0.4 is 38.1 Å². The van der Waals surface area contributed by atoms with Crippen molar-refractivity contribution in [1.29, 1.82) is 0 Å². The van der Waals surface area contributed by atoms with Gasteiger partial charge in [0.15, 0.2) is 5.96 Å². The van der Waals surface area contributed by atoms with E-state index in [4.69, 9.17) is 16.6 Å². The Morgan fingerprint density at radius 2 is 1.71 bits per heavy atom. The second-order valence-corrected chi connectivity index (χ2v) is 8.36. The molecule has 208 valence electrons. The second kappa shape index (κ2) is 14.1. The molecule has 18 nitrogen and oxygen atoms in total. The minimum atomic E-state index is -1.45. The Labute approximate surface area is 216 Å². The molecule has 0 aromatic carbocycles. The van der Waals surface area contributed by atoms with Crippen LogP contribution in [-0.2, 0) is 41.9 Å². The first kappa shape index (κ1) is 29.5. The summed E-state index contributed by atoms with van der Waals surface area (Å²) in [5.74, 6) is -5.11. The number of fused-ring (bicyclic) bond motifs is 2. The van der Waals surface area contributed by atoms with E-state index in [2.05, 4.69) is 41.9 Å². The number of carboxylic acid groups (broad SMARTS) is 1. The molecule has 2 rings (SSSR count). The lowest BCUT2D eigenvalue weighted by atomic mass is 10.1. The molecular weight excluding hydrogens is 506 g/mol. The molecule has 0 unspecified atom stereocenters. The number of carboxylic acids is 1. The molecule has 18 heteroatoms. The fraction of sp³-hybridized carbons (Fsp3) is 0.550. The highest BCUT2D eigenvalue weighted by molar-refractivity contribution is 5.94. The van der Waals surface area contributed by atoms with Crippen LogP contribution in [0.4, 0.5) is 0 Å². The van der Waals surface area contributed by atoms with E-state index in [1.807, 2.05) is 0 Å². The van der Waals surface area contributed by atoms with Crippen molar-refractivity contribution in [3.05, 3.63) is 11.9 Å². The van der Waals surface area contributed by atoms with Gasteiger partial charge in [0.1, 0.15) is 30.4 Å². The summed E-state index contributed by atoms with van der Waals surface area (Å²) in [5.41, 5.74) is 10.8. The summed E-state index contributed by atoms with van der Waals surface area (Å²) in [6.07, 6.45) is 1.03. The number of rotatable bonds is 6. The summed E-state index contributed by atoms with van der Waals surface area (Å²) < 4.78 is 1.17. The summed E-state index contributed by atoms with van der Waals surface area (Å²) in [5, 5.41) is 28.8. The Morgan fingerprint density at radius 3 is 2.39 bits per heavy atom. The number of nitrogens with zero attached hydrogens (tertiary/aromatic N) is 4. The van der Waals surface area contributed by atoms with Gasteiger partial charge in [-0.2, -0.15) is 0 Å². The monoisotopic (exact) mass is 537 g/mol. The molecule has 2 bridgehead atoms. The van der Waals surface area contributed by atoms with E-state index in [9.17, 15) is 28.8 Å². The van der Waals surface area contributed by atoms with E-state index in [1.54, 1.807) is 0 Å². The van der Waals surface area contributed by atoms with Gasteiger partial charge in [0, 0.05) is 6.54 Å². The lowest BCUT2D eigenvalue weighted by Gasteiger charge is -2.21. The van der Waals surface area contributed by atoms with Crippen molar-refractivity contribution in [2.24, 2.45) is 16.5 Å². The number of guanidine groups is 1. The first-order valence-electron chi connectivity index (χ1n) is 11.5. The number of nitrogens with two attached hydrogens (primary N) is 2. The van der Waals surface area contributed by atoms with Gasteiger partial charge in [-0.15, -0.1) is 5.10 Å². The number of carbonyl (C=O) groups excluding carboxylic acids is 5. The molecular formula is C20H31N11O7. The quantitative estimate of drug-likeness (QED) is 0.0966. The van der Waals surface area contributed by atoms with Gasteiger partial charge in [0.2, 0.25) is 29.5 Å². The molecule has 0 saturated heterocycles. The van der Waals surface area contributed by atoms with Crippen LogP contribution >= 0.6 is 0 Å². The summed E-state index contributed by atoms with van der Waals surface area (Å²) in [6, 6.07) is -3.60. The minimum absolute atomic E-state index is 0.0857. The van der Waals surface area contributed by atoms with Crippen molar-refractivity contribution in [2.45, 2.75) is 57.4 Å². The van der Waals surface area contributed by atoms with E-state index < -0.39 is 66.6 Å². The van der Waals surface area contributed by atoms with Crippen LogP contribution in [0.3, 0.4) is 0 Å². The smallest absolute Gasteiger partial charge is 0.305 e. The molecule has 3 atom stereocenters. The van der Waals surface area contributed by atoms with Gasteiger partial charge in [0.05, 0.1) is 25.7 Å². The molecule has 1 aliphatic rings. The fourth-order valence-electron chi connectivity index (χ4n) is 3.29. The van der Waals surface area contributed by atoms with Crippen molar-refractivity contribution in [2.75, 3.05) is 13.1 Å². The highest BCUT2D eigenvalue weighted by Crippen LogP contribution is 2.01. The number of aliphatic imine (C=N–C) groups is 1. The Bertz CT molecular complexity index is 1080. The van der Waals surface area contributed by atoms with E-state index in [1.165, 1.54) is 17.8 Å². The Kier molecular flexibility index (Phi) is 10.9. The van der Waals surface area contributed by atoms with Gasteiger partial charge in [0.25, 0.3) is 0 Å². The Balaban J connectivity index is 2.23. The molecule has 0 fully saturated rings. The third-order valence-corrected chi connectivity index (χ3v) is 5.14. The number of carbonyl (C=O) groups is 6. The molecule has 0 spiro atoms. The highest BCUT2D eigenvalue weighted by atomic mass is 16.4. The summed E-state index contributed by atoms with van der Waals surface area (Å²) in [7, 11) is 0. The number of amides is 5. The van der Waals surface area contributed by atoms with E-state index in [0.29, 0.717) is 6.42 Å². The zero-order chi connectivity index (χ0) is 28.2. The predicted molar refractivity (Wildman–Crippen MR) is 129 cm³/mol. The maximum Gasteiger partial charge on any atom is 0.305 e. The Morgan fingerprint density at radius 1 is 1.03 bits per heavy atom. The van der Waals surface area contributed by atoms with Crippen LogP contribution in [0.25, 0.3) is 0 Å². The number of hydrogen-bond acceptors (Lipinski definition) is 9. The molecule has 0 saturated carbocycles. The zero-order valence-electron chi connectivity index (χ0n) is 20.6.